The maximum Gasteiger partial charge on any atom is 0.184 e. The summed E-state index contributed by atoms with van der Waals surface area (Å²) in [6.07, 6.45) is 0. The van der Waals surface area contributed by atoms with Crippen LogP contribution in [0.2, 0.25) is 10.0 Å². The molecule has 0 amide bonds. The van der Waals surface area contributed by atoms with Gasteiger partial charge in [0.1, 0.15) is 0 Å². The van der Waals surface area contributed by atoms with Gasteiger partial charge in [0, 0.05) is 7.05 Å². The van der Waals surface area contributed by atoms with Crippen molar-refractivity contribution in [2.24, 2.45) is 0 Å². The highest BCUT2D eigenvalue weighted by Crippen LogP contribution is 2.24. The van der Waals surface area contributed by atoms with Crippen LogP contribution in [0.1, 0.15) is 0 Å². The molecule has 1 aromatic rings. The zero-order valence-electron chi connectivity index (χ0n) is 7.40. The predicted molar refractivity (Wildman–Crippen MR) is 64.9 cm³/mol. The molecular formula is C8H9Cl2N3S. The smallest absolute Gasteiger partial charge is 0.184 e. The fourth-order valence-corrected chi connectivity index (χ4v) is 1.11. The number of nitrogens with one attached hydrogen (secondary N) is 3. The van der Waals surface area contributed by atoms with Gasteiger partial charge in [-0.1, -0.05) is 23.2 Å². The molecule has 0 heterocycles. The lowest BCUT2D eigenvalue weighted by Crippen LogP contribution is -2.36. The summed E-state index contributed by atoms with van der Waals surface area (Å²) in [4.78, 5) is 0. The molecule has 14 heavy (non-hydrogen) atoms. The van der Waals surface area contributed by atoms with E-state index >= 15 is 0 Å². The quantitative estimate of drug-likeness (QED) is 0.556. The Hall–Kier alpha value is -0.710. The van der Waals surface area contributed by atoms with E-state index in [9.17, 15) is 0 Å². The van der Waals surface area contributed by atoms with Gasteiger partial charge in [0.2, 0.25) is 0 Å². The minimum absolute atomic E-state index is 0.494. The summed E-state index contributed by atoms with van der Waals surface area (Å²) in [7, 11) is 1.73. The van der Waals surface area contributed by atoms with Gasteiger partial charge in [-0.25, -0.2) is 0 Å². The molecule has 3 N–H and O–H groups in total. The second kappa shape index (κ2) is 5.24. The molecule has 1 rings (SSSR count). The summed E-state index contributed by atoms with van der Waals surface area (Å²) >= 11 is 16.4. The third-order valence-corrected chi connectivity index (χ3v) is 2.51. The summed E-state index contributed by atoms with van der Waals surface area (Å²) in [5.74, 6) is 0. The summed E-state index contributed by atoms with van der Waals surface area (Å²) in [6.45, 7) is 0. The van der Waals surface area contributed by atoms with Crippen molar-refractivity contribution in [3.8, 4) is 0 Å². The molecule has 3 nitrogen and oxygen atoms in total. The maximum atomic E-state index is 5.81. The van der Waals surface area contributed by atoms with Crippen LogP contribution in [0.3, 0.4) is 0 Å². The Labute approximate surface area is 97.7 Å². The first-order valence-electron chi connectivity index (χ1n) is 3.82. The van der Waals surface area contributed by atoms with Gasteiger partial charge >= 0.3 is 0 Å². The Morgan fingerprint density at radius 2 is 2.00 bits per heavy atom. The molecule has 0 radical (unpaired) electrons. The lowest BCUT2D eigenvalue weighted by molar-refractivity contribution is 1.04. The number of thiocarbonyl (C=S) groups is 1. The highest BCUT2D eigenvalue weighted by atomic mass is 35.5. The van der Waals surface area contributed by atoms with Crippen LogP contribution in [0.25, 0.3) is 0 Å². The normalized spacial score (nSPS) is 9.36. The van der Waals surface area contributed by atoms with Gasteiger partial charge in [0.05, 0.1) is 15.7 Å². The summed E-state index contributed by atoms with van der Waals surface area (Å²) < 4.78 is 0. The van der Waals surface area contributed by atoms with Crippen molar-refractivity contribution in [1.82, 2.24) is 10.7 Å². The maximum absolute atomic E-state index is 5.81. The van der Waals surface area contributed by atoms with Gasteiger partial charge in [0.25, 0.3) is 0 Å². The van der Waals surface area contributed by atoms with Crippen molar-refractivity contribution in [2.75, 3.05) is 12.5 Å². The first-order chi connectivity index (χ1) is 6.63. The fourth-order valence-electron chi connectivity index (χ4n) is 0.765. The molecular weight excluding hydrogens is 241 g/mol. The second-order valence-corrected chi connectivity index (χ2v) is 3.68. The molecule has 0 bridgehead atoms. The zero-order chi connectivity index (χ0) is 10.6. The minimum Gasteiger partial charge on any atom is -0.364 e. The number of halogens is 2. The van der Waals surface area contributed by atoms with Gasteiger partial charge in [-0.05, 0) is 30.4 Å². The van der Waals surface area contributed by atoms with Crippen LogP contribution in [0.4, 0.5) is 5.69 Å². The van der Waals surface area contributed by atoms with Crippen LogP contribution in [0.5, 0.6) is 0 Å². The Morgan fingerprint density at radius 1 is 1.29 bits per heavy atom. The highest BCUT2D eigenvalue weighted by Gasteiger charge is 1.98. The predicted octanol–water partition coefficient (Wildman–Crippen LogP) is 2.41. The van der Waals surface area contributed by atoms with E-state index in [1.165, 1.54) is 0 Å². The van der Waals surface area contributed by atoms with Crippen molar-refractivity contribution in [1.29, 1.82) is 0 Å². The van der Waals surface area contributed by atoms with Gasteiger partial charge in [0.15, 0.2) is 5.11 Å². The second-order valence-electron chi connectivity index (χ2n) is 2.46. The van der Waals surface area contributed by atoms with Crippen molar-refractivity contribution >= 4 is 46.2 Å². The van der Waals surface area contributed by atoms with Crippen LogP contribution in [-0.2, 0) is 0 Å². The highest BCUT2D eigenvalue weighted by molar-refractivity contribution is 7.80. The fraction of sp³-hybridized carbons (Fsp3) is 0.125. The summed E-state index contributed by atoms with van der Waals surface area (Å²) in [5, 5.41) is 4.27. The van der Waals surface area contributed by atoms with E-state index in [0.717, 1.165) is 5.69 Å². The Balaban J connectivity index is 2.60. The third-order valence-electron chi connectivity index (χ3n) is 1.47. The average Bonchev–Trinajstić information content (AvgIpc) is 2.19. The molecule has 0 atom stereocenters. The molecule has 0 saturated heterocycles. The van der Waals surface area contributed by atoms with Crippen molar-refractivity contribution in [2.45, 2.75) is 0 Å². The molecule has 6 heteroatoms. The van der Waals surface area contributed by atoms with E-state index in [1.807, 2.05) is 0 Å². The van der Waals surface area contributed by atoms with Crippen LogP contribution in [-0.4, -0.2) is 12.2 Å². The van der Waals surface area contributed by atoms with Crippen LogP contribution in [0.15, 0.2) is 18.2 Å². The van der Waals surface area contributed by atoms with E-state index in [-0.39, 0.29) is 0 Å². The molecule has 0 spiro atoms. The number of benzene rings is 1. The van der Waals surface area contributed by atoms with Gasteiger partial charge in [-0.3, -0.25) is 10.9 Å². The van der Waals surface area contributed by atoms with Crippen molar-refractivity contribution < 1.29 is 0 Å². The lowest BCUT2D eigenvalue weighted by Gasteiger charge is -2.10. The minimum atomic E-state index is 0.494. The van der Waals surface area contributed by atoms with Crippen LogP contribution in [0, 0.1) is 0 Å². The molecule has 0 aliphatic carbocycles. The number of hydrazine groups is 1. The van der Waals surface area contributed by atoms with E-state index in [4.69, 9.17) is 35.4 Å². The lowest BCUT2D eigenvalue weighted by atomic mass is 10.3. The van der Waals surface area contributed by atoms with Gasteiger partial charge < -0.3 is 5.32 Å². The van der Waals surface area contributed by atoms with E-state index in [1.54, 1.807) is 25.2 Å². The SMILES string of the molecule is CNC(=S)NNc1ccc(Cl)c(Cl)c1. The molecule has 0 aromatic heterocycles. The van der Waals surface area contributed by atoms with E-state index in [2.05, 4.69) is 16.2 Å². The Morgan fingerprint density at radius 3 is 2.57 bits per heavy atom. The number of hydrogen-bond acceptors (Lipinski definition) is 2. The van der Waals surface area contributed by atoms with E-state index < -0.39 is 0 Å². The van der Waals surface area contributed by atoms with E-state index in [0.29, 0.717) is 15.2 Å². The zero-order valence-corrected chi connectivity index (χ0v) is 9.72. The first-order valence-corrected chi connectivity index (χ1v) is 4.98. The molecule has 0 aliphatic rings. The molecule has 1 aromatic carbocycles. The molecule has 0 unspecified atom stereocenters. The number of rotatable bonds is 2. The van der Waals surface area contributed by atoms with Crippen LogP contribution >= 0.6 is 35.4 Å². The van der Waals surface area contributed by atoms with Gasteiger partial charge in [-0.15, -0.1) is 0 Å². The third kappa shape index (κ3) is 3.21. The van der Waals surface area contributed by atoms with Crippen molar-refractivity contribution in [3.05, 3.63) is 28.2 Å². The standard InChI is InChI=1S/C8H9Cl2N3S/c1-11-8(14)13-12-5-2-3-6(9)7(10)4-5/h2-4,12H,1H3,(H2,11,13,14). The summed E-state index contributed by atoms with van der Waals surface area (Å²) in [6, 6.07) is 5.20. The number of hydrogen-bond donors (Lipinski definition) is 3. The van der Waals surface area contributed by atoms with Crippen molar-refractivity contribution in [3.63, 3.8) is 0 Å². The first kappa shape index (κ1) is 11.4. The Bertz CT molecular complexity index is 343. The van der Waals surface area contributed by atoms with Gasteiger partial charge in [-0.2, -0.15) is 0 Å². The topological polar surface area (TPSA) is 36.1 Å². The molecule has 76 valence electrons. The monoisotopic (exact) mass is 249 g/mol. The summed E-state index contributed by atoms with van der Waals surface area (Å²) in [5.41, 5.74) is 6.42. The Kier molecular flexibility index (Phi) is 4.25. The molecule has 0 aliphatic heterocycles. The number of anilines is 1. The van der Waals surface area contributed by atoms with Crippen LogP contribution < -0.4 is 16.2 Å². The molecule has 0 saturated carbocycles. The average molecular weight is 250 g/mol. The molecule has 0 fully saturated rings. The largest absolute Gasteiger partial charge is 0.364 e.